The molecule has 2 rings (SSSR count). The van der Waals surface area contributed by atoms with Crippen LogP contribution in [0.4, 0.5) is 9.39 Å². The summed E-state index contributed by atoms with van der Waals surface area (Å²) in [5.74, 6) is -0.241. The van der Waals surface area contributed by atoms with Crippen LogP contribution in [0.5, 0.6) is 0 Å². The molecule has 0 bridgehead atoms. The number of thiazole rings is 1. The molecule has 0 aliphatic carbocycles. The van der Waals surface area contributed by atoms with Crippen LogP contribution in [0.15, 0.2) is 24.3 Å². The number of nitrogens with two attached hydrogens (primary N) is 1. The van der Waals surface area contributed by atoms with Gasteiger partial charge in [-0.3, -0.25) is 0 Å². The SMILES string of the molecule is Cc1nc(-c2ccc(F)cc2)sc1N. The molecular formula is C10H9FN2S. The zero-order valence-corrected chi connectivity index (χ0v) is 8.44. The molecule has 2 aromatic rings. The Morgan fingerprint density at radius 2 is 1.93 bits per heavy atom. The lowest BCUT2D eigenvalue weighted by atomic mass is 10.2. The van der Waals surface area contributed by atoms with Gasteiger partial charge in [0, 0.05) is 5.56 Å². The summed E-state index contributed by atoms with van der Waals surface area (Å²) in [6.07, 6.45) is 0. The van der Waals surface area contributed by atoms with Crippen molar-refractivity contribution in [3.05, 3.63) is 35.8 Å². The molecule has 0 atom stereocenters. The van der Waals surface area contributed by atoms with E-state index in [0.717, 1.165) is 16.3 Å². The number of anilines is 1. The highest BCUT2D eigenvalue weighted by atomic mass is 32.1. The second-order valence-corrected chi connectivity index (χ2v) is 4.01. The van der Waals surface area contributed by atoms with Gasteiger partial charge in [0.05, 0.1) is 5.69 Å². The number of hydrogen-bond donors (Lipinski definition) is 1. The van der Waals surface area contributed by atoms with E-state index in [1.54, 1.807) is 12.1 Å². The number of benzene rings is 1. The topological polar surface area (TPSA) is 38.9 Å². The van der Waals surface area contributed by atoms with E-state index in [1.807, 2.05) is 6.92 Å². The van der Waals surface area contributed by atoms with Crippen LogP contribution in [-0.4, -0.2) is 4.98 Å². The normalized spacial score (nSPS) is 10.4. The average Bonchev–Trinajstić information content (AvgIpc) is 2.48. The van der Waals surface area contributed by atoms with E-state index in [2.05, 4.69) is 4.98 Å². The van der Waals surface area contributed by atoms with Crippen LogP contribution in [0, 0.1) is 12.7 Å². The molecule has 1 aromatic carbocycles. The standard InChI is InChI=1S/C10H9FN2S/c1-6-9(12)14-10(13-6)7-2-4-8(11)5-3-7/h2-5H,12H2,1H3. The van der Waals surface area contributed by atoms with Gasteiger partial charge in [0.25, 0.3) is 0 Å². The highest BCUT2D eigenvalue weighted by Crippen LogP contribution is 2.29. The lowest BCUT2D eigenvalue weighted by Gasteiger charge is -1.94. The Balaban J connectivity index is 2.44. The highest BCUT2D eigenvalue weighted by molar-refractivity contribution is 7.18. The van der Waals surface area contributed by atoms with Crippen LogP contribution in [0.25, 0.3) is 10.6 Å². The van der Waals surface area contributed by atoms with Crippen LogP contribution >= 0.6 is 11.3 Å². The number of aryl methyl sites for hydroxylation is 1. The zero-order valence-electron chi connectivity index (χ0n) is 7.62. The van der Waals surface area contributed by atoms with Crippen molar-refractivity contribution >= 4 is 16.3 Å². The van der Waals surface area contributed by atoms with E-state index >= 15 is 0 Å². The number of nitrogens with zero attached hydrogens (tertiary/aromatic N) is 1. The second kappa shape index (κ2) is 3.38. The molecule has 14 heavy (non-hydrogen) atoms. The smallest absolute Gasteiger partial charge is 0.125 e. The Morgan fingerprint density at radius 3 is 2.43 bits per heavy atom. The number of rotatable bonds is 1. The Morgan fingerprint density at radius 1 is 1.29 bits per heavy atom. The van der Waals surface area contributed by atoms with Gasteiger partial charge >= 0.3 is 0 Å². The molecule has 2 N–H and O–H groups in total. The van der Waals surface area contributed by atoms with E-state index < -0.39 is 0 Å². The molecule has 0 fully saturated rings. The predicted octanol–water partition coefficient (Wildman–Crippen LogP) is 2.84. The van der Waals surface area contributed by atoms with E-state index in [-0.39, 0.29) is 5.82 Å². The summed E-state index contributed by atoms with van der Waals surface area (Å²) >= 11 is 1.42. The van der Waals surface area contributed by atoms with Crippen LogP contribution in [0.2, 0.25) is 0 Å². The zero-order chi connectivity index (χ0) is 10.1. The lowest BCUT2D eigenvalue weighted by molar-refractivity contribution is 0.628. The maximum atomic E-state index is 12.6. The van der Waals surface area contributed by atoms with Gasteiger partial charge in [-0.25, -0.2) is 9.37 Å². The van der Waals surface area contributed by atoms with Crippen LogP contribution in [0.3, 0.4) is 0 Å². The molecule has 1 aromatic heterocycles. The largest absolute Gasteiger partial charge is 0.389 e. The number of aromatic nitrogens is 1. The van der Waals surface area contributed by atoms with Crippen LogP contribution < -0.4 is 5.73 Å². The van der Waals surface area contributed by atoms with Crippen molar-refractivity contribution in [1.29, 1.82) is 0 Å². The summed E-state index contributed by atoms with van der Waals surface area (Å²) < 4.78 is 12.6. The lowest BCUT2D eigenvalue weighted by Crippen LogP contribution is -1.81. The molecule has 0 saturated heterocycles. The van der Waals surface area contributed by atoms with Gasteiger partial charge in [0.15, 0.2) is 0 Å². The molecular weight excluding hydrogens is 199 g/mol. The molecule has 2 nitrogen and oxygen atoms in total. The number of halogens is 1. The molecule has 1 heterocycles. The maximum Gasteiger partial charge on any atom is 0.125 e. The van der Waals surface area contributed by atoms with Crippen molar-refractivity contribution in [3.63, 3.8) is 0 Å². The van der Waals surface area contributed by atoms with E-state index in [9.17, 15) is 4.39 Å². The molecule has 0 radical (unpaired) electrons. The van der Waals surface area contributed by atoms with Crippen molar-refractivity contribution in [2.24, 2.45) is 0 Å². The van der Waals surface area contributed by atoms with Gasteiger partial charge in [0.1, 0.15) is 15.8 Å². The number of hydrogen-bond acceptors (Lipinski definition) is 3. The Kier molecular flexibility index (Phi) is 2.21. The maximum absolute atomic E-state index is 12.6. The Labute approximate surface area is 85.2 Å². The summed E-state index contributed by atoms with van der Waals surface area (Å²) in [5, 5.41) is 1.55. The average molecular weight is 208 g/mol. The quantitative estimate of drug-likeness (QED) is 0.782. The summed E-state index contributed by atoms with van der Waals surface area (Å²) in [6.45, 7) is 1.86. The first kappa shape index (κ1) is 9.15. The molecule has 0 amide bonds. The molecule has 0 spiro atoms. The molecule has 0 aliphatic heterocycles. The van der Waals surface area contributed by atoms with Crippen LogP contribution in [-0.2, 0) is 0 Å². The first-order valence-corrected chi connectivity index (χ1v) is 4.97. The molecule has 0 saturated carbocycles. The van der Waals surface area contributed by atoms with E-state index in [1.165, 1.54) is 23.5 Å². The summed E-state index contributed by atoms with van der Waals surface area (Å²) in [5.41, 5.74) is 7.42. The summed E-state index contributed by atoms with van der Waals surface area (Å²) in [7, 11) is 0. The minimum Gasteiger partial charge on any atom is -0.389 e. The third-order valence-corrected chi connectivity index (χ3v) is 2.96. The minimum absolute atomic E-state index is 0.241. The van der Waals surface area contributed by atoms with Crippen molar-refractivity contribution < 1.29 is 4.39 Å². The molecule has 0 aliphatic rings. The van der Waals surface area contributed by atoms with Crippen molar-refractivity contribution in [2.75, 3.05) is 5.73 Å². The fourth-order valence-electron chi connectivity index (χ4n) is 1.12. The Bertz CT molecular complexity index is 428. The van der Waals surface area contributed by atoms with Gasteiger partial charge in [-0.1, -0.05) is 11.3 Å². The van der Waals surface area contributed by atoms with Gasteiger partial charge < -0.3 is 5.73 Å². The second-order valence-electron chi connectivity index (χ2n) is 2.98. The van der Waals surface area contributed by atoms with Gasteiger partial charge in [0.2, 0.25) is 0 Å². The summed E-state index contributed by atoms with van der Waals surface area (Å²) in [6, 6.07) is 6.24. The summed E-state index contributed by atoms with van der Waals surface area (Å²) in [4.78, 5) is 4.28. The predicted molar refractivity (Wildman–Crippen MR) is 56.7 cm³/mol. The molecule has 0 unspecified atom stereocenters. The number of nitrogen functional groups attached to an aromatic ring is 1. The van der Waals surface area contributed by atoms with Crippen molar-refractivity contribution in [3.8, 4) is 10.6 Å². The van der Waals surface area contributed by atoms with Crippen LogP contribution in [0.1, 0.15) is 5.69 Å². The van der Waals surface area contributed by atoms with Gasteiger partial charge in [-0.2, -0.15) is 0 Å². The third kappa shape index (κ3) is 1.61. The Hall–Kier alpha value is -1.42. The first-order chi connectivity index (χ1) is 6.66. The minimum atomic E-state index is -0.241. The molecule has 4 heteroatoms. The highest BCUT2D eigenvalue weighted by Gasteiger charge is 2.06. The fourth-order valence-corrected chi connectivity index (χ4v) is 1.96. The third-order valence-electron chi connectivity index (χ3n) is 1.92. The first-order valence-electron chi connectivity index (χ1n) is 4.15. The van der Waals surface area contributed by atoms with Gasteiger partial charge in [-0.15, -0.1) is 0 Å². The molecule has 72 valence electrons. The van der Waals surface area contributed by atoms with E-state index in [0.29, 0.717) is 5.00 Å². The monoisotopic (exact) mass is 208 g/mol. The fraction of sp³-hybridized carbons (Fsp3) is 0.100. The van der Waals surface area contributed by atoms with Crippen molar-refractivity contribution in [1.82, 2.24) is 4.98 Å². The van der Waals surface area contributed by atoms with Gasteiger partial charge in [-0.05, 0) is 31.2 Å². The van der Waals surface area contributed by atoms with Crippen molar-refractivity contribution in [2.45, 2.75) is 6.92 Å². The van der Waals surface area contributed by atoms with E-state index in [4.69, 9.17) is 5.73 Å².